The summed E-state index contributed by atoms with van der Waals surface area (Å²) in [6.45, 7) is 20.6. The van der Waals surface area contributed by atoms with E-state index in [0.29, 0.717) is 12.3 Å². The van der Waals surface area contributed by atoms with Crippen molar-refractivity contribution < 1.29 is 23.5 Å². The summed E-state index contributed by atoms with van der Waals surface area (Å²) >= 11 is 0. The van der Waals surface area contributed by atoms with Gasteiger partial charge in [-0.15, -0.1) is 0 Å². The lowest BCUT2D eigenvalue weighted by Gasteiger charge is -2.42. The molecule has 0 spiro atoms. The van der Waals surface area contributed by atoms with Crippen molar-refractivity contribution in [3.63, 3.8) is 0 Å². The van der Waals surface area contributed by atoms with E-state index in [1.165, 1.54) is 7.11 Å². The van der Waals surface area contributed by atoms with Gasteiger partial charge in [0, 0.05) is 6.42 Å². The topological polar surface area (TPSA) is 73.9 Å². The molecule has 0 unspecified atom stereocenters. The molecule has 6 nitrogen and oxygen atoms in total. The predicted molar refractivity (Wildman–Crippen MR) is 116 cm³/mol. The molecule has 0 fully saturated rings. The van der Waals surface area contributed by atoms with E-state index in [9.17, 15) is 9.59 Å². The first-order valence-electron chi connectivity index (χ1n) is 10.2. The van der Waals surface area contributed by atoms with Crippen molar-refractivity contribution in [2.24, 2.45) is 5.92 Å². The normalized spacial score (nSPS) is 15.1. The van der Waals surface area contributed by atoms with Gasteiger partial charge in [0.1, 0.15) is 5.60 Å². The van der Waals surface area contributed by atoms with E-state index in [0.717, 1.165) is 6.42 Å². The van der Waals surface area contributed by atoms with E-state index in [2.05, 4.69) is 53.0 Å². The zero-order valence-electron chi connectivity index (χ0n) is 19.9. The molecule has 0 radical (unpaired) electrons. The first-order chi connectivity index (χ1) is 12.5. The van der Waals surface area contributed by atoms with Crippen LogP contribution in [0.4, 0.5) is 4.79 Å². The fourth-order valence-electron chi connectivity index (χ4n) is 2.53. The minimum absolute atomic E-state index is 0.0187. The summed E-state index contributed by atoms with van der Waals surface area (Å²) in [7, 11) is -0.721. The molecule has 7 heteroatoms. The summed E-state index contributed by atoms with van der Waals surface area (Å²) in [6, 6.07) is -0.242. The van der Waals surface area contributed by atoms with E-state index in [4.69, 9.17) is 13.9 Å². The Hall–Kier alpha value is -1.08. The number of esters is 1. The molecule has 0 aromatic carbocycles. The summed E-state index contributed by atoms with van der Waals surface area (Å²) in [5.41, 5.74) is -0.575. The Bertz CT molecular complexity index is 506. The number of ether oxygens (including phenoxy) is 2. The van der Waals surface area contributed by atoms with E-state index in [1.807, 2.05) is 20.8 Å². The third kappa shape index (κ3) is 10.5. The minimum Gasteiger partial charge on any atom is -0.469 e. The fraction of sp³-hybridized carbons (Fsp3) is 0.905. The van der Waals surface area contributed by atoms with Gasteiger partial charge in [0.15, 0.2) is 8.32 Å². The van der Waals surface area contributed by atoms with Crippen LogP contribution in [0.25, 0.3) is 0 Å². The van der Waals surface area contributed by atoms with E-state index in [-0.39, 0.29) is 29.6 Å². The number of hydrogen-bond acceptors (Lipinski definition) is 5. The van der Waals surface area contributed by atoms with Crippen LogP contribution in [-0.4, -0.2) is 45.2 Å². The molecule has 0 aliphatic rings. The fourth-order valence-corrected chi connectivity index (χ4v) is 3.92. The van der Waals surface area contributed by atoms with Crippen molar-refractivity contribution in [3.05, 3.63) is 0 Å². The molecule has 0 aromatic rings. The largest absolute Gasteiger partial charge is 0.469 e. The van der Waals surface area contributed by atoms with Crippen molar-refractivity contribution >= 4 is 20.4 Å². The van der Waals surface area contributed by atoms with Gasteiger partial charge in [-0.05, 0) is 57.7 Å². The van der Waals surface area contributed by atoms with Gasteiger partial charge in [0.05, 0.1) is 19.3 Å². The number of methoxy groups -OCH3 is 1. The maximum atomic E-state index is 12.4. The second kappa shape index (κ2) is 10.6. The molecular weight excluding hydrogens is 374 g/mol. The predicted octanol–water partition coefficient (Wildman–Crippen LogP) is 5.27. The Morgan fingerprint density at radius 3 is 1.96 bits per heavy atom. The highest BCUT2D eigenvalue weighted by Crippen LogP contribution is 2.38. The summed E-state index contributed by atoms with van der Waals surface area (Å²) in [5.74, 6) is 0.0768. The Morgan fingerprint density at radius 1 is 1.04 bits per heavy atom. The first kappa shape index (κ1) is 26.9. The van der Waals surface area contributed by atoms with Crippen LogP contribution in [0.1, 0.15) is 74.7 Å². The summed E-state index contributed by atoms with van der Waals surface area (Å²) < 4.78 is 16.9. The van der Waals surface area contributed by atoms with Crippen molar-refractivity contribution in [3.8, 4) is 0 Å². The lowest BCUT2D eigenvalue weighted by molar-refractivity contribution is -0.141. The number of nitrogens with one attached hydrogen (secondary N) is 1. The zero-order chi connectivity index (χ0) is 22.3. The van der Waals surface area contributed by atoms with Crippen LogP contribution in [0.15, 0.2) is 0 Å². The van der Waals surface area contributed by atoms with Crippen LogP contribution >= 0.6 is 0 Å². The maximum absolute atomic E-state index is 12.4. The van der Waals surface area contributed by atoms with Gasteiger partial charge in [-0.1, -0.05) is 34.6 Å². The van der Waals surface area contributed by atoms with Gasteiger partial charge in [-0.3, -0.25) is 4.79 Å². The number of alkyl carbamates (subject to hydrolysis) is 1. The van der Waals surface area contributed by atoms with Gasteiger partial charge in [-0.25, -0.2) is 4.79 Å². The van der Waals surface area contributed by atoms with Crippen molar-refractivity contribution in [1.29, 1.82) is 0 Å². The van der Waals surface area contributed by atoms with Crippen LogP contribution in [0, 0.1) is 5.92 Å². The van der Waals surface area contributed by atoms with E-state index >= 15 is 0 Å². The van der Waals surface area contributed by atoms with Gasteiger partial charge in [0.25, 0.3) is 0 Å². The molecule has 0 rings (SSSR count). The average molecular weight is 418 g/mol. The summed E-state index contributed by atoms with van der Waals surface area (Å²) in [4.78, 5) is 24.2. The molecule has 0 aliphatic carbocycles. The lowest BCUT2D eigenvalue weighted by atomic mass is 9.96. The van der Waals surface area contributed by atoms with Crippen LogP contribution < -0.4 is 5.32 Å². The number of carbonyl (C=O) groups is 2. The average Bonchev–Trinajstić information content (AvgIpc) is 2.46. The van der Waals surface area contributed by atoms with Crippen LogP contribution in [0.3, 0.4) is 0 Å². The quantitative estimate of drug-likeness (QED) is 0.409. The molecule has 0 saturated carbocycles. The number of carbonyl (C=O) groups excluding carboxylic acids is 2. The van der Waals surface area contributed by atoms with Gasteiger partial charge < -0.3 is 19.2 Å². The number of amides is 1. The summed E-state index contributed by atoms with van der Waals surface area (Å²) in [5, 5.41) is 3.02. The van der Waals surface area contributed by atoms with Gasteiger partial charge in [0.2, 0.25) is 0 Å². The molecular formula is C21H43NO5Si. The molecule has 0 bridgehead atoms. The van der Waals surface area contributed by atoms with E-state index in [1.54, 1.807) is 0 Å². The van der Waals surface area contributed by atoms with Crippen LogP contribution in [0.2, 0.25) is 18.1 Å². The SMILES string of the molecule is COC(=O)CC[C@H](O[Si](C)(C)C(C)(C)C)[C@H](CC(C)C)NC(=O)OC(C)(C)C. The summed E-state index contributed by atoms with van der Waals surface area (Å²) in [6.07, 6.45) is 0.738. The van der Waals surface area contributed by atoms with Gasteiger partial charge in [-0.2, -0.15) is 0 Å². The third-order valence-electron chi connectivity index (χ3n) is 4.99. The molecule has 1 N–H and O–H groups in total. The molecule has 0 aromatic heterocycles. The standard InChI is InChI=1S/C21H43NO5Si/c1-15(2)14-16(22-19(24)26-20(3,4)5)17(12-13-18(23)25-9)27-28(10,11)21(6,7)8/h15-17H,12-14H2,1-11H3,(H,22,24)/t16-,17-/m0/s1. The Kier molecular flexibility index (Phi) is 10.2. The minimum atomic E-state index is -2.11. The molecule has 2 atom stereocenters. The molecule has 166 valence electrons. The molecule has 0 saturated heterocycles. The highest BCUT2D eigenvalue weighted by atomic mass is 28.4. The Morgan fingerprint density at radius 2 is 1.57 bits per heavy atom. The van der Waals surface area contributed by atoms with Crippen LogP contribution in [-0.2, 0) is 18.7 Å². The molecule has 0 heterocycles. The van der Waals surface area contributed by atoms with Crippen molar-refractivity contribution in [1.82, 2.24) is 5.32 Å². The maximum Gasteiger partial charge on any atom is 0.407 e. The Balaban J connectivity index is 5.61. The highest BCUT2D eigenvalue weighted by molar-refractivity contribution is 6.74. The molecule has 1 amide bonds. The zero-order valence-corrected chi connectivity index (χ0v) is 20.9. The third-order valence-corrected chi connectivity index (χ3v) is 9.49. The van der Waals surface area contributed by atoms with Crippen molar-refractivity contribution in [2.75, 3.05) is 7.11 Å². The van der Waals surface area contributed by atoms with E-state index < -0.39 is 20.0 Å². The monoisotopic (exact) mass is 417 g/mol. The second-order valence-electron chi connectivity index (χ2n) is 10.4. The van der Waals surface area contributed by atoms with Crippen LogP contribution in [0.5, 0.6) is 0 Å². The molecule has 28 heavy (non-hydrogen) atoms. The highest BCUT2D eigenvalue weighted by Gasteiger charge is 2.41. The smallest absolute Gasteiger partial charge is 0.407 e. The lowest BCUT2D eigenvalue weighted by Crippen LogP contribution is -2.53. The Labute approximate surface area is 173 Å². The number of rotatable bonds is 9. The first-order valence-corrected chi connectivity index (χ1v) is 13.1. The molecule has 0 aliphatic heterocycles. The van der Waals surface area contributed by atoms with Gasteiger partial charge >= 0.3 is 12.1 Å². The number of hydrogen-bond donors (Lipinski definition) is 1. The van der Waals surface area contributed by atoms with Crippen molar-refractivity contribution in [2.45, 2.75) is 111 Å². The second-order valence-corrected chi connectivity index (χ2v) is 15.2.